The first-order chi connectivity index (χ1) is 7.56. The summed E-state index contributed by atoms with van der Waals surface area (Å²) in [6.07, 6.45) is 0.257. The van der Waals surface area contributed by atoms with Crippen LogP contribution in [0.2, 0.25) is 5.02 Å². The topological polar surface area (TPSA) is 32.3 Å². The fourth-order valence-electron chi connectivity index (χ4n) is 1.61. The van der Waals surface area contributed by atoms with Gasteiger partial charge in [0.15, 0.2) is 0 Å². The Balaban J connectivity index is 2.86. The van der Waals surface area contributed by atoms with Gasteiger partial charge in [-0.1, -0.05) is 24.6 Å². The van der Waals surface area contributed by atoms with Gasteiger partial charge in [0, 0.05) is 23.2 Å². The van der Waals surface area contributed by atoms with Crippen LogP contribution in [0.15, 0.2) is 18.2 Å². The summed E-state index contributed by atoms with van der Waals surface area (Å²) in [5, 5.41) is 12.7. The van der Waals surface area contributed by atoms with E-state index >= 15 is 0 Å². The number of hydrogen-bond acceptors (Lipinski definition) is 2. The summed E-state index contributed by atoms with van der Waals surface area (Å²) in [5.41, 5.74) is 0.479. The summed E-state index contributed by atoms with van der Waals surface area (Å²) in [5.74, 6) is -0.308. The van der Waals surface area contributed by atoms with Crippen LogP contribution in [-0.4, -0.2) is 17.8 Å². The number of hydrogen-bond donors (Lipinski definition) is 2. The Morgan fingerprint density at radius 2 is 2.19 bits per heavy atom. The Morgan fingerprint density at radius 1 is 1.50 bits per heavy atom. The highest BCUT2D eigenvalue weighted by atomic mass is 35.5. The average molecular weight is 246 g/mol. The molecule has 90 valence electrons. The van der Waals surface area contributed by atoms with Gasteiger partial charge in [-0.3, -0.25) is 0 Å². The van der Waals surface area contributed by atoms with Crippen molar-refractivity contribution < 1.29 is 9.50 Å². The Labute approximate surface area is 100 Å². The van der Waals surface area contributed by atoms with Crippen LogP contribution in [0.4, 0.5) is 4.39 Å². The summed E-state index contributed by atoms with van der Waals surface area (Å²) in [4.78, 5) is 0. The van der Waals surface area contributed by atoms with E-state index in [-0.39, 0.29) is 11.9 Å². The highest BCUT2D eigenvalue weighted by Gasteiger charge is 2.17. The van der Waals surface area contributed by atoms with Gasteiger partial charge in [0.05, 0.1) is 6.10 Å². The van der Waals surface area contributed by atoms with Gasteiger partial charge in [-0.25, -0.2) is 4.39 Å². The van der Waals surface area contributed by atoms with Crippen molar-refractivity contribution >= 4 is 11.6 Å². The third-order valence-corrected chi connectivity index (χ3v) is 2.75. The second kappa shape index (κ2) is 6.18. The standard InChI is InChI=1S/C12H17ClFNO/c1-3-11(15-7-8(2)16)12-9(13)5-4-6-10(12)14/h4-6,8,11,15-16H,3,7H2,1-2H3/t8-,11?/m1/s1. The van der Waals surface area contributed by atoms with Crippen molar-refractivity contribution in [3.8, 4) is 0 Å². The lowest BCUT2D eigenvalue weighted by molar-refractivity contribution is 0.185. The van der Waals surface area contributed by atoms with Crippen molar-refractivity contribution in [2.75, 3.05) is 6.54 Å². The predicted molar refractivity (Wildman–Crippen MR) is 64.1 cm³/mol. The Bertz CT molecular complexity index is 324. The molecule has 2 atom stereocenters. The summed E-state index contributed by atoms with van der Waals surface area (Å²) in [7, 11) is 0. The van der Waals surface area contributed by atoms with Crippen LogP contribution in [0.5, 0.6) is 0 Å². The smallest absolute Gasteiger partial charge is 0.129 e. The summed E-state index contributed by atoms with van der Waals surface area (Å²) in [6.45, 7) is 4.05. The van der Waals surface area contributed by atoms with Crippen LogP contribution >= 0.6 is 11.6 Å². The number of benzene rings is 1. The maximum atomic E-state index is 13.6. The van der Waals surface area contributed by atoms with E-state index in [1.807, 2.05) is 6.92 Å². The second-order valence-electron chi connectivity index (χ2n) is 3.85. The molecule has 0 saturated heterocycles. The first-order valence-electron chi connectivity index (χ1n) is 5.41. The molecule has 0 bridgehead atoms. The van der Waals surface area contributed by atoms with Gasteiger partial charge in [-0.2, -0.15) is 0 Å². The van der Waals surface area contributed by atoms with Gasteiger partial charge < -0.3 is 10.4 Å². The monoisotopic (exact) mass is 245 g/mol. The van der Waals surface area contributed by atoms with Crippen LogP contribution in [0.1, 0.15) is 31.9 Å². The molecule has 0 aliphatic heterocycles. The fourth-order valence-corrected chi connectivity index (χ4v) is 1.90. The second-order valence-corrected chi connectivity index (χ2v) is 4.26. The quantitative estimate of drug-likeness (QED) is 0.836. The van der Waals surface area contributed by atoms with Gasteiger partial charge in [0.1, 0.15) is 5.82 Å². The van der Waals surface area contributed by atoms with Crippen LogP contribution in [0, 0.1) is 5.82 Å². The molecule has 1 rings (SSSR count). The lowest BCUT2D eigenvalue weighted by Gasteiger charge is -2.20. The number of nitrogens with one attached hydrogen (secondary N) is 1. The number of aliphatic hydroxyl groups is 1. The van der Waals surface area contributed by atoms with E-state index in [2.05, 4.69) is 5.32 Å². The maximum Gasteiger partial charge on any atom is 0.129 e. The fraction of sp³-hybridized carbons (Fsp3) is 0.500. The molecule has 2 N–H and O–H groups in total. The third kappa shape index (κ3) is 3.44. The molecule has 0 amide bonds. The van der Waals surface area contributed by atoms with E-state index < -0.39 is 6.10 Å². The van der Waals surface area contributed by atoms with Crippen molar-refractivity contribution in [3.05, 3.63) is 34.6 Å². The van der Waals surface area contributed by atoms with Crippen molar-refractivity contribution in [2.45, 2.75) is 32.4 Å². The van der Waals surface area contributed by atoms with E-state index in [0.29, 0.717) is 23.6 Å². The zero-order valence-electron chi connectivity index (χ0n) is 9.50. The number of aliphatic hydroxyl groups excluding tert-OH is 1. The largest absolute Gasteiger partial charge is 0.392 e. The number of rotatable bonds is 5. The van der Waals surface area contributed by atoms with E-state index in [1.54, 1.807) is 19.1 Å². The molecule has 0 spiro atoms. The van der Waals surface area contributed by atoms with E-state index in [4.69, 9.17) is 11.6 Å². The van der Waals surface area contributed by atoms with Gasteiger partial charge in [-0.15, -0.1) is 0 Å². The molecule has 16 heavy (non-hydrogen) atoms. The number of halogens is 2. The molecule has 0 aromatic heterocycles. The van der Waals surface area contributed by atoms with E-state index in [0.717, 1.165) is 0 Å². The third-order valence-electron chi connectivity index (χ3n) is 2.42. The maximum absolute atomic E-state index is 13.6. The summed E-state index contributed by atoms with van der Waals surface area (Å²) < 4.78 is 13.6. The molecule has 0 fully saturated rings. The lowest BCUT2D eigenvalue weighted by Crippen LogP contribution is -2.29. The molecule has 2 nitrogen and oxygen atoms in total. The normalized spacial score (nSPS) is 14.8. The van der Waals surface area contributed by atoms with Gasteiger partial charge in [0.25, 0.3) is 0 Å². The summed E-state index contributed by atoms with van der Waals surface area (Å²) >= 11 is 5.98. The van der Waals surface area contributed by atoms with E-state index in [1.165, 1.54) is 6.07 Å². The molecule has 4 heteroatoms. The Kier molecular flexibility index (Phi) is 5.19. The molecule has 0 aliphatic carbocycles. The minimum absolute atomic E-state index is 0.164. The van der Waals surface area contributed by atoms with Crippen LogP contribution < -0.4 is 5.32 Å². The molecule has 1 aromatic rings. The van der Waals surface area contributed by atoms with Crippen LogP contribution in [0.3, 0.4) is 0 Å². The zero-order valence-corrected chi connectivity index (χ0v) is 10.3. The highest BCUT2D eigenvalue weighted by Crippen LogP contribution is 2.27. The molecule has 1 unspecified atom stereocenters. The molecular weight excluding hydrogens is 229 g/mol. The van der Waals surface area contributed by atoms with Gasteiger partial charge in [-0.05, 0) is 25.5 Å². The Hall–Kier alpha value is -0.640. The molecule has 1 aromatic carbocycles. The van der Waals surface area contributed by atoms with Crippen molar-refractivity contribution in [2.24, 2.45) is 0 Å². The van der Waals surface area contributed by atoms with Gasteiger partial charge >= 0.3 is 0 Å². The molecule has 0 saturated carbocycles. The van der Waals surface area contributed by atoms with Gasteiger partial charge in [0.2, 0.25) is 0 Å². The van der Waals surface area contributed by atoms with Crippen LogP contribution in [0.25, 0.3) is 0 Å². The first kappa shape index (κ1) is 13.4. The molecule has 0 heterocycles. The molecular formula is C12H17ClFNO. The zero-order chi connectivity index (χ0) is 12.1. The molecule has 0 radical (unpaired) electrons. The van der Waals surface area contributed by atoms with Crippen molar-refractivity contribution in [1.29, 1.82) is 0 Å². The average Bonchev–Trinajstić information content (AvgIpc) is 2.22. The summed E-state index contributed by atoms with van der Waals surface area (Å²) in [6, 6.07) is 4.49. The minimum Gasteiger partial charge on any atom is -0.392 e. The lowest BCUT2D eigenvalue weighted by atomic mass is 10.0. The molecule has 0 aliphatic rings. The van der Waals surface area contributed by atoms with Crippen molar-refractivity contribution in [1.82, 2.24) is 5.32 Å². The SMILES string of the molecule is CCC(NC[C@@H](C)O)c1c(F)cccc1Cl. The van der Waals surface area contributed by atoms with Crippen LogP contribution in [-0.2, 0) is 0 Å². The Morgan fingerprint density at radius 3 is 2.69 bits per heavy atom. The van der Waals surface area contributed by atoms with Crippen molar-refractivity contribution in [3.63, 3.8) is 0 Å². The minimum atomic E-state index is -0.459. The highest BCUT2D eigenvalue weighted by molar-refractivity contribution is 6.31. The van der Waals surface area contributed by atoms with E-state index in [9.17, 15) is 9.50 Å². The first-order valence-corrected chi connectivity index (χ1v) is 5.79. The predicted octanol–water partition coefficient (Wildman–Crippen LogP) is 2.90.